The zero-order chi connectivity index (χ0) is 20.7. The first-order valence-electron chi connectivity index (χ1n) is 10.0. The highest BCUT2D eigenvalue weighted by Crippen LogP contribution is 2.37. The lowest BCUT2D eigenvalue weighted by Crippen LogP contribution is -2.28. The topological polar surface area (TPSA) is 67.2 Å². The van der Waals surface area contributed by atoms with E-state index in [-0.39, 0.29) is 24.2 Å². The maximum Gasteiger partial charge on any atom is 0.230 e. The highest BCUT2D eigenvalue weighted by atomic mass is 32.2. The van der Waals surface area contributed by atoms with Gasteiger partial charge >= 0.3 is 0 Å². The van der Waals surface area contributed by atoms with Crippen LogP contribution < -0.4 is 10.2 Å². The van der Waals surface area contributed by atoms with Crippen molar-refractivity contribution in [2.45, 2.75) is 24.9 Å². The molecule has 2 aromatic carbocycles. The third-order valence-corrected chi connectivity index (χ3v) is 6.67. The Morgan fingerprint density at radius 1 is 1.10 bits per heavy atom. The van der Waals surface area contributed by atoms with E-state index >= 15 is 0 Å². The minimum absolute atomic E-state index is 0.0189. The number of rotatable bonds is 4. The van der Waals surface area contributed by atoms with Crippen LogP contribution in [0.15, 0.2) is 54.6 Å². The summed E-state index contributed by atoms with van der Waals surface area (Å²) in [7, 11) is 0. The number of amides is 2. The van der Waals surface area contributed by atoms with Crippen LogP contribution in [0.4, 0.5) is 11.5 Å². The van der Waals surface area contributed by atoms with Crippen LogP contribution in [-0.4, -0.2) is 28.1 Å². The number of nitrogens with one attached hydrogen (secondary N) is 1. The first-order valence-corrected chi connectivity index (χ1v) is 11.2. The fourth-order valence-corrected chi connectivity index (χ4v) is 5.11. The van der Waals surface area contributed by atoms with Crippen LogP contribution in [0.3, 0.4) is 0 Å². The first kappa shape index (κ1) is 18.9. The predicted octanol–water partition coefficient (Wildman–Crippen LogP) is 3.92. The molecule has 30 heavy (non-hydrogen) atoms. The molecule has 1 saturated heterocycles. The molecule has 0 bridgehead atoms. The molecule has 152 valence electrons. The van der Waals surface area contributed by atoms with Gasteiger partial charge in [0.2, 0.25) is 11.8 Å². The van der Waals surface area contributed by atoms with E-state index in [1.54, 1.807) is 16.7 Å². The minimum atomic E-state index is -0.386. The summed E-state index contributed by atoms with van der Waals surface area (Å²) in [5.74, 6) is 1.88. The third-order valence-electron chi connectivity index (χ3n) is 5.70. The Morgan fingerprint density at radius 3 is 2.67 bits per heavy atom. The van der Waals surface area contributed by atoms with Gasteiger partial charge in [0.1, 0.15) is 5.82 Å². The monoisotopic (exact) mass is 418 g/mol. The fourth-order valence-electron chi connectivity index (χ4n) is 4.08. The van der Waals surface area contributed by atoms with Crippen molar-refractivity contribution in [2.75, 3.05) is 16.8 Å². The first-order chi connectivity index (χ1) is 14.6. The Labute approximate surface area is 179 Å². The number of benzene rings is 2. The van der Waals surface area contributed by atoms with Gasteiger partial charge in [-0.3, -0.25) is 9.59 Å². The van der Waals surface area contributed by atoms with E-state index in [1.165, 1.54) is 0 Å². The average Bonchev–Trinajstić information content (AvgIpc) is 3.45. The van der Waals surface area contributed by atoms with E-state index in [0.717, 1.165) is 45.5 Å². The van der Waals surface area contributed by atoms with Crippen LogP contribution in [0.1, 0.15) is 23.2 Å². The van der Waals surface area contributed by atoms with Crippen LogP contribution >= 0.6 is 11.8 Å². The van der Waals surface area contributed by atoms with Gasteiger partial charge in [0.15, 0.2) is 0 Å². The zero-order valence-corrected chi connectivity index (χ0v) is 17.5. The summed E-state index contributed by atoms with van der Waals surface area (Å²) in [6.07, 6.45) is 0.218. The molecule has 2 aliphatic heterocycles. The molecule has 3 heterocycles. The summed E-state index contributed by atoms with van der Waals surface area (Å²) >= 11 is 1.80. The Morgan fingerprint density at radius 2 is 1.87 bits per heavy atom. The third kappa shape index (κ3) is 3.29. The van der Waals surface area contributed by atoms with Gasteiger partial charge in [-0.2, -0.15) is 16.9 Å². The summed E-state index contributed by atoms with van der Waals surface area (Å²) in [5, 5.41) is 7.90. The smallest absolute Gasteiger partial charge is 0.230 e. The Bertz CT molecular complexity index is 1130. The van der Waals surface area contributed by atoms with Crippen molar-refractivity contribution in [3.05, 3.63) is 71.4 Å². The molecule has 1 N–H and O–H groups in total. The summed E-state index contributed by atoms with van der Waals surface area (Å²) in [6.45, 7) is 2.43. The molecule has 6 nitrogen and oxygen atoms in total. The maximum absolute atomic E-state index is 13.2. The summed E-state index contributed by atoms with van der Waals surface area (Å²) in [5.41, 5.74) is 4.99. The normalized spacial score (nSPS) is 18.0. The molecule has 0 spiro atoms. The molecular weight excluding hydrogens is 396 g/mol. The van der Waals surface area contributed by atoms with Gasteiger partial charge in [-0.15, -0.1) is 0 Å². The van der Waals surface area contributed by atoms with Crippen LogP contribution in [0.5, 0.6) is 0 Å². The maximum atomic E-state index is 13.2. The number of carbonyl (C=O) groups is 2. The predicted molar refractivity (Wildman–Crippen MR) is 119 cm³/mol. The second-order valence-electron chi connectivity index (χ2n) is 7.70. The molecule has 0 aliphatic carbocycles. The molecule has 2 amide bonds. The van der Waals surface area contributed by atoms with Crippen molar-refractivity contribution >= 4 is 35.1 Å². The number of nitrogens with zero attached hydrogens (tertiary/aromatic N) is 3. The molecule has 0 saturated carbocycles. The number of thioether (sulfide) groups is 1. The van der Waals surface area contributed by atoms with Crippen molar-refractivity contribution < 1.29 is 9.59 Å². The molecule has 1 aromatic heterocycles. The van der Waals surface area contributed by atoms with Gasteiger partial charge in [-0.1, -0.05) is 36.4 Å². The lowest BCUT2D eigenvalue weighted by atomic mass is 10.1. The molecule has 3 aromatic rings. The molecular formula is C23H22N4O2S. The zero-order valence-electron chi connectivity index (χ0n) is 16.7. The number of hydrogen-bond donors (Lipinski definition) is 1. The number of fused-ring (bicyclic) bond motifs is 1. The van der Waals surface area contributed by atoms with E-state index in [4.69, 9.17) is 5.10 Å². The second kappa shape index (κ2) is 7.65. The van der Waals surface area contributed by atoms with Gasteiger partial charge in [-0.05, 0) is 30.7 Å². The molecule has 7 heteroatoms. The van der Waals surface area contributed by atoms with E-state index < -0.39 is 0 Å². The van der Waals surface area contributed by atoms with Crippen molar-refractivity contribution in [1.29, 1.82) is 0 Å². The number of para-hydroxylation sites is 2. The van der Waals surface area contributed by atoms with Crippen molar-refractivity contribution in [2.24, 2.45) is 5.92 Å². The van der Waals surface area contributed by atoms with Gasteiger partial charge < -0.3 is 10.2 Å². The van der Waals surface area contributed by atoms with Gasteiger partial charge in [0, 0.05) is 35.7 Å². The molecule has 2 aliphatic rings. The van der Waals surface area contributed by atoms with Gasteiger partial charge in [-0.25, -0.2) is 4.68 Å². The fraction of sp³-hybridized carbons (Fsp3) is 0.261. The number of aryl methyl sites for hydroxylation is 1. The summed E-state index contributed by atoms with van der Waals surface area (Å²) < 4.78 is 1.85. The largest absolute Gasteiger partial charge is 0.312 e. The van der Waals surface area contributed by atoms with Crippen LogP contribution in [-0.2, 0) is 21.1 Å². The van der Waals surface area contributed by atoms with Crippen molar-refractivity contribution in [3.63, 3.8) is 0 Å². The lowest BCUT2D eigenvalue weighted by Gasteiger charge is -2.17. The second-order valence-corrected chi connectivity index (χ2v) is 8.68. The number of aromatic nitrogens is 2. The van der Waals surface area contributed by atoms with E-state index in [9.17, 15) is 9.59 Å². The number of carbonyl (C=O) groups excluding carboxylic acids is 2. The van der Waals surface area contributed by atoms with Crippen LogP contribution in [0, 0.1) is 12.8 Å². The van der Waals surface area contributed by atoms with Gasteiger partial charge in [0.25, 0.3) is 0 Å². The quantitative estimate of drug-likeness (QED) is 0.697. The number of anilines is 2. The SMILES string of the molecule is Cc1ccccc1-n1nc2c(c1NC(=O)C1CC(=O)N(c3ccccc3)C1)CSC2. The molecule has 1 fully saturated rings. The minimum Gasteiger partial charge on any atom is -0.312 e. The molecule has 1 unspecified atom stereocenters. The summed E-state index contributed by atoms with van der Waals surface area (Å²) in [6, 6.07) is 17.5. The molecule has 5 rings (SSSR count). The average molecular weight is 419 g/mol. The van der Waals surface area contributed by atoms with E-state index in [2.05, 4.69) is 5.32 Å². The van der Waals surface area contributed by atoms with E-state index in [0.29, 0.717) is 6.54 Å². The van der Waals surface area contributed by atoms with Crippen molar-refractivity contribution in [3.8, 4) is 5.69 Å². The van der Waals surface area contributed by atoms with Gasteiger partial charge in [0.05, 0.1) is 17.3 Å². The van der Waals surface area contributed by atoms with Crippen molar-refractivity contribution in [1.82, 2.24) is 9.78 Å². The highest BCUT2D eigenvalue weighted by molar-refractivity contribution is 7.98. The Balaban J connectivity index is 1.42. The van der Waals surface area contributed by atoms with Crippen LogP contribution in [0.25, 0.3) is 5.69 Å². The summed E-state index contributed by atoms with van der Waals surface area (Å²) in [4.78, 5) is 27.4. The number of hydrogen-bond acceptors (Lipinski definition) is 4. The Hall–Kier alpha value is -3.06. The molecule has 0 radical (unpaired) electrons. The molecule has 1 atom stereocenters. The standard InChI is InChI=1S/C23H22N4O2S/c1-15-7-5-6-10-20(15)27-22(18-13-30-14-19(18)25-27)24-23(29)16-11-21(28)26(12-16)17-8-3-2-4-9-17/h2-10,16H,11-14H2,1H3,(H,24,29). The Kier molecular flexibility index (Phi) is 4.83. The van der Waals surface area contributed by atoms with E-state index in [1.807, 2.05) is 66.2 Å². The highest BCUT2D eigenvalue weighted by Gasteiger charge is 2.36. The lowest BCUT2D eigenvalue weighted by molar-refractivity contribution is -0.122. The van der Waals surface area contributed by atoms with Crippen LogP contribution in [0.2, 0.25) is 0 Å².